The number of guanidine groups is 1. The summed E-state index contributed by atoms with van der Waals surface area (Å²) in [4.78, 5) is 4.02. The van der Waals surface area contributed by atoms with Crippen LogP contribution in [0.5, 0.6) is 5.75 Å². The van der Waals surface area contributed by atoms with E-state index in [1.165, 1.54) is 24.3 Å². The van der Waals surface area contributed by atoms with Crippen LogP contribution >= 0.6 is 0 Å². The van der Waals surface area contributed by atoms with E-state index in [1.807, 2.05) is 0 Å². The van der Waals surface area contributed by atoms with Crippen molar-refractivity contribution < 1.29 is 22.6 Å². The van der Waals surface area contributed by atoms with Crippen LogP contribution in [0.3, 0.4) is 0 Å². The summed E-state index contributed by atoms with van der Waals surface area (Å²) < 4.78 is 45.0. The molecule has 0 fully saturated rings. The fourth-order valence-electron chi connectivity index (χ4n) is 1.43. The summed E-state index contributed by atoms with van der Waals surface area (Å²) >= 11 is 0. The number of nitrogens with one attached hydrogen (secondary N) is 1. The highest BCUT2D eigenvalue weighted by Crippen LogP contribution is 2.23. The average molecular weight is 317 g/mol. The minimum Gasteiger partial charge on any atom is -0.406 e. The zero-order chi connectivity index (χ0) is 16.4. The minimum absolute atomic E-state index is 0.150. The molecular weight excluding hydrogens is 299 g/mol. The van der Waals surface area contributed by atoms with Crippen LogP contribution in [0.15, 0.2) is 41.9 Å². The molecule has 22 heavy (non-hydrogen) atoms. The fraction of sp³-hybridized carbons (Fsp3) is 0.357. The standard InChI is InChI=1S/C14H18F3N3O2/c1-2-3-9-21-10-8-19-13(18)20-11-4-6-12(7-5-11)22-14(15,16)17/h2,4-7H,1,3,8-10H2,(H3,18,19,20). The first-order valence-electron chi connectivity index (χ1n) is 6.52. The Bertz CT molecular complexity index is 487. The second-order valence-corrected chi connectivity index (χ2v) is 4.15. The molecule has 122 valence electrons. The zero-order valence-electron chi connectivity index (χ0n) is 11.9. The smallest absolute Gasteiger partial charge is 0.406 e. The lowest BCUT2D eigenvalue weighted by Crippen LogP contribution is -2.23. The molecule has 5 nitrogen and oxygen atoms in total. The van der Waals surface area contributed by atoms with Crippen LogP contribution < -0.4 is 15.8 Å². The zero-order valence-corrected chi connectivity index (χ0v) is 11.9. The molecule has 0 aliphatic rings. The van der Waals surface area contributed by atoms with Crippen molar-refractivity contribution in [1.82, 2.24) is 0 Å². The fourth-order valence-corrected chi connectivity index (χ4v) is 1.43. The highest BCUT2D eigenvalue weighted by atomic mass is 19.4. The molecule has 0 spiro atoms. The molecule has 0 bridgehead atoms. The van der Waals surface area contributed by atoms with E-state index in [4.69, 9.17) is 10.5 Å². The number of nitrogens with zero attached hydrogens (tertiary/aromatic N) is 1. The van der Waals surface area contributed by atoms with Crippen molar-refractivity contribution in [2.24, 2.45) is 10.7 Å². The summed E-state index contributed by atoms with van der Waals surface area (Å²) in [5.41, 5.74) is 6.15. The first kappa shape index (κ1) is 17.8. The van der Waals surface area contributed by atoms with Crippen molar-refractivity contribution in [3.63, 3.8) is 0 Å². The van der Waals surface area contributed by atoms with E-state index < -0.39 is 6.36 Å². The first-order valence-corrected chi connectivity index (χ1v) is 6.52. The van der Waals surface area contributed by atoms with Gasteiger partial charge in [-0.1, -0.05) is 6.08 Å². The second kappa shape index (κ2) is 8.93. The average Bonchev–Trinajstić information content (AvgIpc) is 2.43. The molecular formula is C14H18F3N3O2. The van der Waals surface area contributed by atoms with E-state index in [0.29, 0.717) is 25.4 Å². The van der Waals surface area contributed by atoms with E-state index in [9.17, 15) is 13.2 Å². The predicted octanol–water partition coefficient (Wildman–Crippen LogP) is 2.90. The molecule has 0 saturated carbocycles. The first-order chi connectivity index (χ1) is 10.4. The van der Waals surface area contributed by atoms with Gasteiger partial charge in [-0.3, -0.25) is 4.99 Å². The number of hydrogen-bond acceptors (Lipinski definition) is 3. The van der Waals surface area contributed by atoms with Gasteiger partial charge in [0.2, 0.25) is 0 Å². The van der Waals surface area contributed by atoms with E-state index in [-0.39, 0.29) is 11.7 Å². The second-order valence-electron chi connectivity index (χ2n) is 4.15. The molecule has 3 N–H and O–H groups in total. The SMILES string of the molecule is C=CCCOCCN=C(N)Nc1ccc(OC(F)(F)F)cc1. The summed E-state index contributed by atoms with van der Waals surface area (Å²) in [6.45, 7) is 4.95. The van der Waals surface area contributed by atoms with E-state index in [2.05, 4.69) is 21.6 Å². The number of aliphatic imine (C=N–C) groups is 1. The lowest BCUT2D eigenvalue weighted by atomic mass is 10.3. The molecule has 0 heterocycles. The van der Waals surface area contributed by atoms with Gasteiger partial charge in [0.25, 0.3) is 0 Å². The monoisotopic (exact) mass is 317 g/mol. The molecule has 1 rings (SSSR count). The minimum atomic E-state index is -4.71. The topological polar surface area (TPSA) is 68.9 Å². The molecule has 8 heteroatoms. The Labute approximate surface area is 126 Å². The number of rotatable bonds is 8. The number of hydrogen-bond donors (Lipinski definition) is 2. The third-order valence-electron chi connectivity index (χ3n) is 2.34. The Morgan fingerprint density at radius 2 is 1.95 bits per heavy atom. The van der Waals surface area contributed by atoms with Crippen LogP contribution in [-0.2, 0) is 4.74 Å². The van der Waals surface area contributed by atoms with Gasteiger partial charge in [-0.2, -0.15) is 0 Å². The molecule has 0 unspecified atom stereocenters. The molecule has 0 aromatic heterocycles. The summed E-state index contributed by atoms with van der Waals surface area (Å²) in [5, 5.41) is 2.75. The van der Waals surface area contributed by atoms with E-state index in [0.717, 1.165) is 6.42 Å². The maximum absolute atomic E-state index is 12.0. The molecule has 1 aromatic rings. The van der Waals surface area contributed by atoms with Crippen molar-refractivity contribution in [1.29, 1.82) is 0 Å². The number of alkyl halides is 3. The summed E-state index contributed by atoms with van der Waals surface area (Å²) in [7, 11) is 0. The maximum atomic E-state index is 12.0. The van der Waals surface area contributed by atoms with Crippen LogP contribution in [0.25, 0.3) is 0 Å². The van der Waals surface area contributed by atoms with Crippen molar-refractivity contribution >= 4 is 11.6 Å². The van der Waals surface area contributed by atoms with Crippen LogP contribution in [0.2, 0.25) is 0 Å². The quantitative estimate of drug-likeness (QED) is 0.335. The van der Waals surface area contributed by atoms with Crippen LogP contribution in [0, 0.1) is 0 Å². The van der Waals surface area contributed by atoms with Gasteiger partial charge in [0.05, 0.1) is 19.8 Å². The van der Waals surface area contributed by atoms with Crippen LogP contribution in [0.1, 0.15) is 6.42 Å². The normalized spacial score (nSPS) is 12.0. The summed E-state index contributed by atoms with van der Waals surface area (Å²) in [6, 6.07) is 5.18. The Kier molecular flexibility index (Phi) is 7.24. The molecule has 0 radical (unpaired) electrons. The maximum Gasteiger partial charge on any atom is 0.573 e. The Balaban J connectivity index is 2.37. The molecule has 0 amide bonds. The number of anilines is 1. The van der Waals surface area contributed by atoms with Gasteiger partial charge in [-0.15, -0.1) is 19.8 Å². The molecule has 1 aromatic carbocycles. The molecule has 0 saturated heterocycles. The van der Waals surface area contributed by atoms with Gasteiger partial charge in [0.1, 0.15) is 5.75 Å². The van der Waals surface area contributed by atoms with E-state index >= 15 is 0 Å². The van der Waals surface area contributed by atoms with Gasteiger partial charge < -0.3 is 20.5 Å². The van der Waals surface area contributed by atoms with Gasteiger partial charge >= 0.3 is 6.36 Å². The Morgan fingerprint density at radius 1 is 1.27 bits per heavy atom. The summed E-state index contributed by atoms with van der Waals surface area (Å²) in [6.07, 6.45) is -2.18. The van der Waals surface area contributed by atoms with Gasteiger partial charge in [-0.25, -0.2) is 0 Å². The van der Waals surface area contributed by atoms with Crippen molar-refractivity contribution in [3.05, 3.63) is 36.9 Å². The lowest BCUT2D eigenvalue weighted by Gasteiger charge is -2.10. The van der Waals surface area contributed by atoms with Gasteiger partial charge in [0.15, 0.2) is 5.96 Å². The number of nitrogens with two attached hydrogens (primary N) is 1. The molecule has 0 aliphatic carbocycles. The highest BCUT2D eigenvalue weighted by Gasteiger charge is 2.30. The Morgan fingerprint density at radius 3 is 2.55 bits per heavy atom. The third kappa shape index (κ3) is 8.15. The van der Waals surface area contributed by atoms with Crippen LogP contribution in [-0.4, -0.2) is 32.1 Å². The number of benzene rings is 1. The van der Waals surface area contributed by atoms with Crippen LogP contribution in [0.4, 0.5) is 18.9 Å². The summed E-state index contributed by atoms with van der Waals surface area (Å²) in [5.74, 6) is -0.152. The lowest BCUT2D eigenvalue weighted by molar-refractivity contribution is -0.274. The van der Waals surface area contributed by atoms with Crippen molar-refractivity contribution in [2.75, 3.05) is 25.1 Å². The number of halogens is 3. The largest absolute Gasteiger partial charge is 0.573 e. The molecule has 0 aliphatic heterocycles. The highest BCUT2D eigenvalue weighted by molar-refractivity contribution is 5.92. The predicted molar refractivity (Wildman–Crippen MR) is 78.9 cm³/mol. The Hall–Kier alpha value is -2.22. The van der Waals surface area contributed by atoms with E-state index in [1.54, 1.807) is 6.08 Å². The van der Waals surface area contributed by atoms with Crippen molar-refractivity contribution in [2.45, 2.75) is 12.8 Å². The third-order valence-corrected chi connectivity index (χ3v) is 2.34. The number of ether oxygens (including phenoxy) is 2. The van der Waals surface area contributed by atoms with Gasteiger partial charge in [0, 0.05) is 5.69 Å². The van der Waals surface area contributed by atoms with Gasteiger partial charge in [-0.05, 0) is 30.7 Å². The molecule has 0 atom stereocenters. The van der Waals surface area contributed by atoms with Crippen molar-refractivity contribution in [3.8, 4) is 5.75 Å².